The van der Waals surface area contributed by atoms with Gasteiger partial charge in [0, 0.05) is 12.1 Å². The Morgan fingerprint density at radius 3 is 2.42 bits per heavy atom. The van der Waals surface area contributed by atoms with Gasteiger partial charge in [-0.15, -0.1) is 0 Å². The molecule has 1 fully saturated rings. The first-order chi connectivity index (χ1) is 8.71. The van der Waals surface area contributed by atoms with Crippen molar-refractivity contribution in [1.29, 1.82) is 0 Å². The number of hydrogen-bond donors (Lipinski definition) is 2. The molecule has 1 amide bonds. The molecule has 19 heavy (non-hydrogen) atoms. The fourth-order valence-corrected chi connectivity index (χ4v) is 1.97. The van der Waals surface area contributed by atoms with Crippen LogP contribution >= 0.6 is 0 Å². The highest BCUT2D eigenvalue weighted by atomic mass is 16.7. The smallest absolute Gasteiger partial charge is 0.465 e. The predicted octanol–water partition coefficient (Wildman–Crippen LogP) is 2.30. The van der Waals surface area contributed by atoms with Crippen LogP contribution in [0, 0.1) is 6.42 Å². The molecule has 5 nitrogen and oxygen atoms in total. The van der Waals surface area contributed by atoms with E-state index in [1.807, 2.05) is 40.2 Å². The number of nitrogens with one attached hydrogen (secondary N) is 1. The molecule has 103 valence electrons. The van der Waals surface area contributed by atoms with Gasteiger partial charge in [0.2, 0.25) is 0 Å². The third kappa shape index (κ3) is 2.85. The summed E-state index contributed by atoms with van der Waals surface area (Å²) in [4.78, 5) is 10.6. The van der Waals surface area contributed by atoms with Crippen LogP contribution in [0.3, 0.4) is 0 Å². The fraction of sp³-hybridized carbons (Fsp3) is 0.538. The molecule has 2 N–H and O–H groups in total. The molecule has 1 saturated heterocycles. The van der Waals surface area contributed by atoms with Gasteiger partial charge in [-0.2, -0.15) is 0 Å². The topological polar surface area (TPSA) is 67.8 Å². The average molecular weight is 264 g/mol. The molecule has 1 aliphatic heterocycles. The normalized spacial score (nSPS) is 24.7. The van der Waals surface area contributed by atoms with E-state index in [2.05, 4.69) is 5.32 Å². The van der Waals surface area contributed by atoms with Crippen molar-refractivity contribution < 1.29 is 19.2 Å². The van der Waals surface area contributed by atoms with Crippen molar-refractivity contribution >= 4 is 13.2 Å². The maximum absolute atomic E-state index is 10.6. The van der Waals surface area contributed by atoms with E-state index < -0.39 is 24.4 Å². The highest BCUT2D eigenvalue weighted by Gasteiger charge is 2.52. The SMILES string of the molecule is CC1(C)OB(C2=CC[CH]C(NC(=O)O)=C2)OC1(C)C. The molecular weight excluding hydrogens is 245 g/mol. The number of rotatable bonds is 2. The van der Waals surface area contributed by atoms with Crippen LogP contribution in [-0.2, 0) is 9.31 Å². The monoisotopic (exact) mass is 264 g/mol. The Hall–Kier alpha value is -1.27. The van der Waals surface area contributed by atoms with E-state index in [0.29, 0.717) is 12.1 Å². The number of amides is 1. The van der Waals surface area contributed by atoms with Gasteiger partial charge in [0.25, 0.3) is 0 Å². The lowest BCUT2D eigenvalue weighted by atomic mass is 9.75. The second-order valence-electron chi connectivity index (χ2n) is 5.76. The summed E-state index contributed by atoms with van der Waals surface area (Å²) in [5.74, 6) is 0. The molecule has 0 unspecified atom stereocenters. The third-order valence-corrected chi connectivity index (χ3v) is 3.79. The Kier molecular flexibility index (Phi) is 3.49. The van der Waals surface area contributed by atoms with E-state index in [1.54, 1.807) is 6.08 Å². The molecular formula is C13H19BNO4. The molecule has 1 aliphatic carbocycles. The van der Waals surface area contributed by atoms with Crippen LogP contribution in [0.1, 0.15) is 34.1 Å². The zero-order valence-corrected chi connectivity index (χ0v) is 11.7. The Balaban J connectivity index is 2.14. The molecule has 1 radical (unpaired) electrons. The van der Waals surface area contributed by atoms with Crippen molar-refractivity contribution in [2.24, 2.45) is 0 Å². The third-order valence-electron chi connectivity index (χ3n) is 3.79. The van der Waals surface area contributed by atoms with E-state index in [9.17, 15) is 4.79 Å². The van der Waals surface area contributed by atoms with Gasteiger partial charge in [0.05, 0.1) is 11.2 Å². The summed E-state index contributed by atoms with van der Waals surface area (Å²) < 4.78 is 11.9. The van der Waals surface area contributed by atoms with Gasteiger partial charge in [-0.1, -0.05) is 6.08 Å². The predicted molar refractivity (Wildman–Crippen MR) is 72.3 cm³/mol. The lowest BCUT2D eigenvalue weighted by Gasteiger charge is -2.32. The first-order valence-corrected chi connectivity index (χ1v) is 6.32. The van der Waals surface area contributed by atoms with E-state index in [0.717, 1.165) is 5.47 Å². The number of carboxylic acid groups (broad SMARTS) is 1. The summed E-state index contributed by atoms with van der Waals surface area (Å²) in [5.41, 5.74) is 0.617. The number of carbonyl (C=O) groups is 1. The van der Waals surface area contributed by atoms with Crippen LogP contribution in [0.4, 0.5) is 4.79 Å². The van der Waals surface area contributed by atoms with Crippen molar-refractivity contribution in [1.82, 2.24) is 5.32 Å². The van der Waals surface area contributed by atoms with Crippen LogP contribution in [0.5, 0.6) is 0 Å². The standard InChI is InChI=1S/C13H19BNO4/c1-12(2)13(3,4)19-14(18-12)9-6-5-7-10(8-9)15-11(16)17/h6-8,15H,5H2,1-4H3,(H,16,17). The van der Waals surface area contributed by atoms with Gasteiger partial charge in [-0.25, -0.2) is 4.79 Å². The Bertz CT molecular complexity index is 438. The lowest BCUT2D eigenvalue weighted by molar-refractivity contribution is 0.00578. The van der Waals surface area contributed by atoms with Crippen LogP contribution in [0.25, 0.3) is 0 Å². The van der Waals surface area contributed by atoms with Crippen molar-refractivity contribution in [2.45, 2.75) is 45.3 Å². The summed E-state index contributed by atoms with van der Waals surface area (Å²) in [6.45, 7) is 7.95. The summed E-state index contributed by atoms with van der Waals surface area (Å²) in [6.07, 6.45) is 5.13. The van der Waals surface area contributed by atoms with Gasteiger partial charge in [0.1, 0.15) is 0 Å². The van der Waals surface area contributed by atoms with Gasteiger partial charge in [0.15, 0.2) is 0 Å². The highest BCUT2D eigenvalue weighted by Crippen LogP contribution is 2.39. The van der Waals surface area contributed by atoms with Crippen molar-refractivity contribution in [3.8, 4) is 0 Å². The highest BCUT2D eigenvalue weighted by molar-refractivity contribution is 6.55. The molecule has 6 heteroatoms. The summed E-state index contributed by atoms with van der Waals surface area (Å²) in [5, 5.41) is 11.1. The number of hydrogen-bond acceptors (Lipinski definition) is 3. The van der Waals surface area contributed by atoms with Crippen LogP contribution in [-0.4, -0.2) is 29.5 Å². The van der Waals surface area contributed by atoms with Gasteiger partial charge in [-0.3, -0.25) is 5.32 Å². The summed E-state index contributed by atoms with van der Waals surface area (Å²) in [7, 11) is -0.454. The van der Waals surface area contributed by atoms with E-state index in [1.165, 1.54) is 0 Å². The van der Waals surface area contributed by atoms with Crippen molar-refractivity contribution in [3.63, 3.8) is 0 Å². The van der Waals surface area contributed by atoms with Gasteiger partial charge < -0.3 is 14.4 Å². The van der Waals surface area contributed by atoms with Crippen molar-refractivity contribution in [2.75, 3.05) is 0 Å². The van der Waals surface area contributed by atoms with Gasteiger partial charge >= 0.3 is 13.2 Å². The van der Waals surface area contributed by atoms with Crippen LogP contribution < -0.4 is 5.32 Å². The maximum atomic E-state index is 10.6. The van der Waals surface area contributed by atoms with Crippen LogP contribution in [0.15, 0.2) is 23.3 Å². The molecule has 0 saturated carbocycles. The minimum atomic E-state index is -1.07. The zero-order chi connectivity index (χ0) is 14.3. The Labute approximate surface area is 113 Å². The summed E-state index contributed by atoms with van der Waals surface area (Å²) >= 11 is 0. The lowest BCUT2D eigenvalue weighted by Crippen LogP contribution is -2.41. The summed E-state index contributed by atoms with van der Waals surface area (Å²) in [6, 6.07) is 0. The van der Waals surface area contributed by atoms with Gasteiger partial charge in [-0.05, 0) is 45.7 Å². The Morgan fingerprint density at radius 1 is 1.32 bits per heavy atom. The molecule has 2 aliphatic rings. The molecule has 0 spiro atoms. The largest absolute Gasteiger partial charge is 0.494 e. The fourth-order valence-electron chi connectivity index (χ4n) is 1.97. The molecule has 0 aromatic heterocycles. The molecule has 2 rings (SSSR count). The second-order valence-corrected chi connectivity index (χ2v) is 5.76. The minimum Gasteiger partial charge on any atom is -0.465 e. The van der Waals surface area contributed by atoms with E-state index in [4.69, 9.17) is 14.4 Å². The average Bonchev–Trinajstić information content (AvgIpc) is 2.47. The first-order valence-electron chi connectivity index (χ1n) is 6.32. The second kappa shape index (κ2) is 4.69. The molecule has 0 aromatic rings. The quantitative estimate of drug-likeness (QED) is 0.751. The van der Waals surface area contributed by atoms with E-state index >= 15 is 0 Å². The zero-order valence-electron chi connectivity index (χ0n) is 11.7. The molecule has 0 aromatic carbocycles. The van der Waals surface area contributed by atoms with E-state index in [-0.39, 0.29) is 0 Å². The first kappa shape index (κ1) is 14.2. The van der Waals surface area contributed by atoms with Crippen LogP contribution in [0.2, 0.25) is 0 Å². The molecule has 1 heterocycles. The number of allylic oxidation sites excluding steroid dienone is 4. The Morgan fingerprint density at radius 2 is 1.89 bits per heavy atom. The maximum Gasteiger partial charge on any atom is 0.494 e. The molecule has 0 atom stereocenters. The van der Waals surface area contributed by atoms with Crippen molar-refractivity contribution in [3.05, 3.63) is 29.7 Å². The molecule has 0 bridgehead atoms. The minimum absolute atomic E-state index is 0.395.